The zero-order valence-corrected chi connectivity index (χ0v) is 17.3. The number of nitrogens with one attached hydrogen (secondary N) is 1. The van der Waals surface area contributed by atoms with Crippen LogP contribution in [0.2, 0.25) is 0 Å². The van der Waals surface area contributed by atoms with Crippen LogP contribution in [0.15, 0.2) is 47.1 Å². The second-order valence-electron chi connectivity index (χ2n) is 7.34. The molecule has 164 valence electrons. The third-order valence-corrected chi connectivity index (χ3v) is 5.28. The number of nitrogens with zero attached hydrogens (tertiary/aromatic N) is 5. The van der Waals surface area contributed by atoms with Gasteiger partial charge in [0.25, 0.3) is 0 Å². The van der Waals surface area contributed by atoms with Crippen molar-refractivity contribution in [1.82, 2.24) is 20.0 Å². The van der Waals surface area contributed by atoms with Crippen LogP contribution in [-0.2, 0) is 11.3 Å². The van der Waals surface area contributed by atoms with Crippen LogP contribution in [0.5, 0.6) is 0 Å². The molecule has 0 spiro atoms. The molecule has 1 atom stereocenters. The summed E-state index contributed by atoms with van der Waals surface area (Å²) in [5.41, 5.74) is 2.02. The van der Waals surface area contributed by atoms with Crippen molar-refractivity contribution in [3.8, 4) is 11.4 Å². The van der Waals surface area contributed by atoms with Crippen LogP contribution in [0.3, 0.4) is 0 Å². The predicted octanol–water partition coefficient (Wildman–Crippen LogP) is 3.22. The molecule has 1 unspecified atom stereocenters. The van der Waals surface area contributed by atoms with Crippen molar-refractivity contribution < 1.29 is 14.5 Å². The van der Waals surface area contributed by atoms with Gasteiger partial charge in [0, 0.05) is 26.4 Å². The van der Waals surface area contributed by atoms with Crippen LogP contribution in [0.25, 0.3) is 11.4 Å². The molecule has 3 heterocycles. The highest BCUT2D eigenvalue weighted by Gasteiger charge is 2.31. The van der Waals surface area contributed by atoms with Crippen LogP contribution < -0.4 is 10.5 Å². The summed E-state index contributed by atoms with van der Waals surface area (Å²) in [4.78, 5) is 11.3. The highest BCUT2D eigenvalue weighted by Crippen LogP contribution is 2.34. The maximum atomic E-state index is 11.0. The fraction of sp³-hybridized carbons (Fsp3) is 0.381. The van der Waals surface area contributed by atoms with Crippen molar-refractivity contribution in [3.63, 3.8) is 0 Å². The number of likely N-dealkylation sites (tertiary alicyclic amines) is 1. The molecule has 1 fully saturated rings. The molecule has 1 saturated heterocycles. The van der Waals surface area contributed by atoms with Gasteiger partial charge in [0.05, 0.1) is 23.9 Å². The van der Waals surface area contributed by atoms with E-state index in [2.05, 4.69) is 25.3 Å². The zero-order valence-electron chi connectivity index (χ0n) is 17.3. The Bertz CT molecular complexity index is 978. The first-order valence-corrected chi connectivity index (χ1v) is 10.2. The van der Waals surface area contributed by atoms with Gasteiger partial charge in [-0.25, -0.2) is 4.98 Å². The van der Waals surface area contributed by atoms with Gasteiger partial charge >= 0.3 is 0 Å². The molecule has 1 aliphatic heterocycles. The minimum absolute atomic E-state index is 0.0244. The Balaban J connectivity index is 1.48. The fourth-order valence-electron chi connectivity index (χ4n) is 3.74. The molecule has 1 aromatic carbocycles. The molecule has 10 heteroatoms. The Hall–Kier alpha value is -3.05. The first-order valence-electron chi connectivity index (χ1n) is 10.2. The van der Waals surface area contributed by atoms with E-state index in [4.69, 9.17) is 14.5 Å². The number of aromatic nitrogens is 3. The van der Waals surface area contributed by atoms with Crippen LogP contribution >= 0.6 is 0 Å². The Morgan fingerprint density at radius 3 is 2.94 bits per heavy atom. The quantitative estimate of drug-likeness (QED) is 0.390. The lowest BCUT2D eigenvalue weighted by atomic mass is 10.1. The molecule has 0 saturated carbocycles. The SMILES string of the molecule is COCCNc1ncccc1-c1noc(C2CCCN2Cc2ccc(N([O-])O)cc2)n1. The molecule has 0 radical (unpaired) electrons. The lowest BCUT2D eigenvalue weighted by molar-refractivity contribution is 0.201. The van der Waals surface area contributed by atoms with Crippen LogP contribution in [0.1, 0.15) is 30.3 Å². The van der Waals surface area contributed by atoms with E-state index in [0.717, 1.165) is 30.5 Å². The zero-order chi connectivity index (χ0) is 21.6. The molecule has 2 aromatic heterocycles. The summed E-state index contributed by atoms with van der Waals surface area (Å²) in [6.45, 7) is 2.79. The lowest BCUT2D eigenvalue weighted by Crippen LogP contribution is -2.23. The standard InChI is InChI=1S/C21H25N6O4/c1-30-13-11-23-19-17(4-2-10-22-19)20-24-21(31-25-20)18-5-3-12-26(18)14-15-6-8-16(9-7-15)27(28)29/h2,4,6-10,18,28H,3,5,11-14H2,1H3,(H,22,23)/q-1. The highest BCUT2D eigenvalue weighted by atomic mass is 16.8. The summed E-state index contributed by atoms with van der Waals surface area (Å²) in [7, 11) is 1.65. The number of rotatable bonds is 9. The van der Waals surface area contributed by atoms with Crippen molar-refractivity contribution >= 4 is 11.5 Å². The Kier molecular flexibility index (Phi) is 6.73. The first kappa shape index (κ1) is 21.2. The van der Waals surface area contributed by atoms with E-state index in [1.54, 1.807) is 25.4 Å². The monoisotopic (exact) mass is 425 g/mol. The molecular weight excluding hydrogens is 400 g/mol. The average molecular weight is 425 g/mol. The molecule has 0 amide bonds. The smallest absolute Gasteiger partial charge is 0.244 e. The minimum atomic E-state index is -0.140. The molecule has 4 rings (SSSR count). The predicted molar refractivity (Wildman–Crippen MR) is 114 cm³/mol. The van der Waals surface area contributed by atoms with Crippen molar-refractivity contribution in [2.24, 2.45) is 0 Å². The Morgan fingerprint density at radius 2 is 2.16 bits per heavy atom. The molecule has 31 heavy (non-hydrogen) atoms. The first-order chi connectivity index (χ1) is 15.2. The summed E-state index contributed by atoms with van der Waals surface area (Å²) < 4.78 is 10.7. The van der Waals surface area contributed by atoms with Crippen LogP contribution in [-0.4, -0.2) is 52.0 Å². The van der Waals surface area contributed by atoms with E-state index in [-0.39, 0.29) is 17.0 Å². The van der Waals surface area contributed by atoms with E-state index >= 15 is 0 Å². The summed E-state index contributed by atoms with van der Waals surface area (Å²) in [5.74, 6) is 1.76. The van der Waals surface area contributed by atoms with Crippen LogP contribution in [0.4, 0.5) is 11.5 Å². The van der Waals surface area contributed by atoms with Crippen molar-refractivity contribution in [2.45, 2.75) is 25.4 Å². The van der Waals surface area contributed by atoms with Crippen molar-refractivity contribution in [3.05, 3.63) is 59.3 Å². The third-order valence-electron chi connectivity index (χ3n) is 5.28. The van der Waals surface area contributed by atoms with Gasteiger partial charge in [-0.1, -0.05) is 17.3 Å². The maximum Gasteiger partial charge on any atom is 0.244 e. The Morgan fingerprint density at radius 1 is 1.32 bits per heavy atom. The molecule has 10 nitrogen and oxygen atoms in total. The normalized spacial score (nSPS) is 16.5. The minimum Gasteiger partial charge on any atom is -0.733 e. The number of ether oxygens (including phenoxy) is 1. The second kappa shape index (κ2) is 9.84. The maximum absolute atomic E-state index is 11.0. The van der Waals surface area contributed by atoms with Gasteiger partial charge in [-0.15, -0.1) is 0 Å². The van der Waals surface area contributed by atoms with E-state index < -0.39 is 0 Å². The number of hydrogen-bond acceptors (Lipinski definition) is 10. The number of benzene rings is 1. The molecular formula is C21H25N6O4-. The summed E-state index contributed by atoms with van der Waals surface area (Å²) in [6, 6.07) is 10.6. The van der Waals surface area contributed by atoms with E-state index in [1.165, 1.54) is 0 Å². The second-order valence-corrected chi connectivity index (χ2v) is 7.34. The molecule has 0 bridgehead atoms. The topological polar surface area (TPSA) is 123 Å². The number of pyridine rings is 1. The highest BCUT2D eigenvalue weighted by molar-refractivity contribution is 5.69. The van der Waals surface area contributed by atoms with Gasteiger partial charge < -0.3 is 25.0 Å². The number of hydrogen-bond donors (Lipinski definition) is 2. The summed E-state index contributed by atoms with van der Waals surface area (Å²) in [6.07, 6.45) is 3.67. The van der Waals surface area contributed by atoms with E-state index in [0.29, 0.717) is 37.2 Å². The van der Waals surface area contributed by atoms with Gasteiger partial charge in [0.2, 0.25) is 11.7 Å². The van der Waals surface area contributed by atoms with Crippen molar-refractivity contribution in [1.29, 1.82) is 0 Å². The largest absolute Gasteiger partial charge is 0.733 e. The molecule has 0 aliphatic carbocycles. The molecule has 2 N–H and O–H groups in total. The third kappa shape index (κ3) is 5.00. The lowest BCUT2D eigenvalue weighted by Gasteiger charge is -2.23. The van der Waals surface area contributed by atoms with E-state index in [9.17, 15) is 5.21 Å². The molecule has 3 aromatic rings. The van der Waals surface area contributed by atoms with Crippen LogP contribution in [0, 0.1) is 5.21 Å². The fourth-order valence-corrected chi connectivity index (χ4v) is 3.74. The summed E-state index contributed by atoms with van der Waals surface area (Å²) >= 11 is 0. The van der Waals surface area contributed by atoms with Gasteiger partial charge in [-0.3, -0.25) is 10.1 Å². The van der Waals surface area contributed by atoms with Gasteiger partial charge in [0.15, 0.2) is 0 Å². The Labute approximate surface area is 180 Å². The molecule has 1 aliphatic rings. The average Bonchev–Trinajstić information content (AvgIpc) is 3.44. The van der Waals surface area contributed by atoms with Gasteiger partial charge in [-0.05, 0) is 49.2 Å². The summed E-state index contributed by atoms with van der Waals surface area (Å²) in [5, 5.41) is 27.3. The number of methoxy groups -OCH3 is 1. The van der Waals surface area contributed by atoms with E-state index in [1.807, 2.05) is 24.3 Å². The van der Waals surface area contributed by atoms with Gasteiger partial charge in [0.1, 0.15) is 5.82 Å². The number of anilines is 2. The van der Waals surface area contributed by atoms with Crippen molar-refractivity contribution in [2.75, 3.05) is 37.3 Å². The van der Waals surface area contributed by atoms with Gasteiger partial charge in [-0.2, -0.15) is 4.98 Å².